The van der Waals surface area contributed by atoms with E-state index in [-0.39, 0.29) is 29.2 Å². The molecule has 2 fully saturated rings. The Balaban J connectivity index is 1.44. The van der Waals surface area contributed by atoms with E-state index >= 15 is 0 Å². The number of phenols is 1. The minimum absolute atomic E-state index is 0.0752. The number of likely N-dealkylation sites (tertiary alicyclic amines) is 1. The first-order valence-electron chi connectivity index (χ1n) is 16.0. The molecule has 0 saturated carbocycles. The molecule has 1 aliphatic carbocycles. The van der Waals surface area contributed by atoms with Crippen molar-refractivity contribution in [3.63, 3.8) is 0 Å². The van der Waals surface area contributed by atoms with Gasteiger partial charge in [0.1, 0.15) is 5.75 Å². The Kier molecular flexibility index (Phi) is 8.65. The summed E-state index contributed by atoms with van der Waals surface area (Å²) in [6.07, 6.45) is 0.752. The number of allylic oxidation sites excluding steroid dienone is 1. The number of fused-ring (bicyclic) bond motifs is 3. The van der Waals surface area contributed by atoms with E-state index in [4.69, 9.17) is 9.08 Å². The van der Waals surface area contributed by atoms with Gasteiger partial charge in [-0.05, 0) is 57.7 Å². The SMILES string of the molecule is CCCN1C(=O)[C@H]2[C@H](CC(CO[Si](c3ccccc3)(c3ccccc3)C(C)(C)C)=C3B(O)O[C@H](c4ccccc4O)C[C@H]32)C1=O. The molecule has 3 aliphatic rings. The molecule has 4 atom stereocenters. The lowest BCUT2D eigenvalue weighted by molar-refractivity contribution is -0.140. The summed E-state index contributed by atoms with van der Waals surface area (Å²) in [5.74, 6) is -1.77. The van der Waals surface area contributed by atoms with E-state index in [1.165, 1.54) is 4.90 Å². The molecule has 2 saturated heterocycles. The molecule has 9 heteroatoms. The van der Waals surface area contributed by atoms with E-state index in [0.29, 0.717) is 36.8 Å². The highest BCUT2D eigenvalue weighted by atomic mass is 28.4. The average Bonchev–Trinajstić information content (AvgIpc) is 3.26. The van der Waals surface area contributed by atoms with Gasteiger partial charge < -0.3 is 19.2 Å². The number of para-hydroxylation sites is 1. The van der Waals surface area contributed by atoms with Crippen molar-refractivity contribution in [3.05, 3.63) is 102 Å². The molecule has 3 aromatic carbocycles. The van der Waals surface area contributed by atoms with Crippen LogP contribution in [0.1, 0.15) is 58.6 Å². The standard InChI is InChI=1S/C36H42BNO6Si/c1-5-20-38-34(40)29-21-24(23-43-45(36(2,3)4,25-14-8-6-9-15-25)26-16-10-7-11-17-26)33-28(32(29)35(38)41)22-31(44-37(33)42)27-18-12-13-19-30(27)39/h6-19,28-29,31-32,39,42H,5,20-23H2,1-4H3/t28-,29-,31-,32+/m0/s1. The van der Waals surface area contributed by atoms with Crippen LogP contribution in [0.15, 0.2) is 96.0 Å². The maximum Gasteiger partial charge on any atom is 0.487 e. The van der Waals surface area contributed by atoms with Crippen LogP contribution in [0.5, 0.6) is 5.75 Å². The van der Waals surface area contributed by atoms with E-state index < -0.39 is 39.3 Å². The smallest absolute Gasteiger partial charge is 0.487 e. The number of carbonyl (C=O) groups is 2. The molecule has 6 rings (SSSR count). The number of nitrogens with zero attached hydrogens (tertiary/aromatic N) is 1. The van der Waals surface area contributed by atoms with Gasteiger partial charge in [0, 0.05) is 12.1 Å². The molecule has 0 spiro atoms. The zero-order chi connectivity index (χ0) is 31.9. The summed E-state index contributed by atoms with van der Waals surface area (Å²) in [6, 6.07) is 27.7. The van der Waals surface area contributed by atoms with E-state index in [1.807, 2.05) is 49.4 Å². The van der Waals surface area contributed by atoms with Crippen LogP contribution in [0.3, 0.4) is 0 Å². The fraction of sp³-hybridized carbons (Fsp3) is 0.389. The first kappa shape index (κ1) is 31.5. The van der Waals surface area contributed by atoms with Gasteiger partial charge in [0.25, 0.3) is 8.32 Å². The normalized spacial score (nSPS) is 23.8. The molecule has 2 heterocycles. The van der Waals surface area contributed by atoms with Crippen molar-refractivity contribution in [2.75, 3.05) is 13.2 Å². The number of amides is 2. The molecule has 0 aromatic heterocycles. The lowest BCUT2D eigenvalue weighted by Crippen LogP contribution is -2.66. The van der Waals surface area contributed by atoms with Gasteiger partial charge in [-0.3, -0.25) is 14.5 Å². The number of rotatable bonds is 8. The highest BCUT2D eigenvalue weighted by Crippen LogP contribution is 2.52. The first-order valence-corrected chi connectivity index (χ1v) is 17.9. The van der Waals surface area contributed by atoms with Crippen LogP contribution in [-0.4, -0.2) is 55.4 Å². The minimum Gasteiger partial charge on any atom is -0.508 e. The predicted molar refractivity (Wildman–Crippen MR) is 177 cm³/mol. The maximum atomic E-state index is 13.8. The summed E-state index contributed by atoms with van der Waals surface area (Å²) in [4.78, 5) is 29.0. The summed E-state index contributed by atoms with van der Waals surface area (Å²) in [7, 11) is -4.22. The molecule has 7 nitrogen and oxygen atoms in total. The van der Waals surface area contributed by atoms with E-state index in [1.54, 1.807) is 18.2 Å². The van der Waals surface area contributed by atoms with E-state index in [0.717, 1.165) is 15.9 Å². The van der Waals surface area contributed by atoms with Gasteiger partial charge >= 0.3 is 7.12 Å². The Morgan fingerprint density at radius 1 is 0.911 bits per heavy atom. The van der Waals surface area contributed by atoms with Crippen LogP contribution in [-0.2, 0) is 18.7 Å². The molecular formula is C36H42BNO6Si. The Bertz CT molecular complexity index is 1550. The Hall–Kier alpha value is -3.50. The van der Waals surface area contributed by atoms with Crippen LogP contribution in [0, 0.1) is 17.8 Å². The summed E-state index contributed by atoms with van der Waals surface area (Å²) in [5.41, 5.74) is 2.04. The van der Waals surface area contributed by atoms with Crippen molar-refractivity contribution in [2.45, 2.75) is 58.1 Å². The van der Waals surface area contributed by atoms with Crippen LogP contribution in [0.2, 0.25) is 5.04 Å². The molecule has 2 N–H and O–H groups in total. The van der Waals surface area contributed by atoms with Crippen molar-refractivity contribution >= 4 is 37.6 Å². The van der Waals surface area contributed by atoms with Gasteiger partial charge in [-0.1, -0.05) is 107 Å². The summed E-state index contributed by atoms with van der Waals surface area (Å²) in [5, 5.41) is 24.3. The summed E-state index contributed by atoms with van der Waals surface area (Å²) < 4.78 is 13.5. The molecule has 0 radical (unpaired) electrons. The van der Waals surface area contributed by atoms with Crippen LogP contribution < -0.4 is 10.4 Å². The monoisotopic (exact) mass is 623 g/mol. The van der Waals surface area contributed by atoms with E-state index in [2.05, 4.69) is 45.0 Å². The quantitative estimate of drug-likeness (QED) is 0.277. The first-order chi connectivity index (χ1) is 21.6. The van der Waals surface area contributed by atoms with E-state index in [9.17, 15) is 19.7 Å². The van der Waals surface area contributed by atoms with Crippen LogP contribution in [0.25, 0.3) is 0 Å². The lowest BCUT2D eigenvalue weighted by Gasteiger charge is -2.45. The third kappa shape index (κ3) is 5.39. The molecule has 45 heavy (non-hydrogen) atoms. The molecule has 3 aromatic rings. The molecule has 0 unspecified atom stereocenters. The molecule has 0 bridgehead atoms. The van der Waals surface area contributed by atoms with Crippen molar-refractivity contribution in [1.82, 2.24) is 4.90 Å². The largest absolute Gasteiger partial charge is 0.508 e. The number of carbonyl (C=O) groups excluding carboxylic acids is 2. The second-order valence-electron chi connectivity index (χ2n) is 13.6. The predicted octanol–water partition coefficient (Wildman–Crippen LogP) is 4.78. The number of imide groups is 1. The van der Waals surface area contributed by atoms with Gasteiger partial charge in [0.2, 0.25) is 11.8 Å². The second kappa shape index (κ2) is 12.4. The van der Waals surface area contributed by atoms with Crippen molar-refractivity contribution in [1.29, 1.82) is 0 Å². The summed E-state index contributed by atoms with van der Waals surface area (Å²) in [6.45, 7) is 9.19. The van der Waals surface area contributed by atoms with Gasteiger partial charge in [0.15, 0.2) is 0 Å². The van der Waals surface area contributed by atoms with Gasteiger partial charge in [-0.25, -0.2) is 0 Å². The zero-order valence-corrected chi connectivity index (χ0v) is 27.5. The zero-order valence-electron chi connectivity index (χ0n) is 26.5. The second-order valence-corrected chi connectivity index (χ2v) is 17.9. The molecule has 2 aliphatic heterocycles. The lowest BCUT2D eigenvalue weighted by atomic mass is 9.55. The maximum absolute atomic E-state index is 13.8. The number of benzene rings is 3. The Morgan fingerprint density at radius 3 is 2.09 bits per heavy atom. The summed E-state index contributed by atoms with van der Waals surface area (Å²) >= 11 is 0. The fourth-order valence-corrected chi connectivity index (χ4v) is 12.5. The third-order valence-corrected chi connectivity index (χ3v) is 14.9. The van der Waals surface area contributed by atoms with Crippen LogP contribution >= 0.6 is 0 Å². The van der Waals surface area contributed by atoms with Crippen molar-refractivity contribution in [2.24, 2.45) is 17.8 Å². The average molecular weight is 624 g/mol. The van der Waals surface area contributed by atoms with Crippen molar-refractivity contribution < 1.29 is 28.8 Å². The fourth-order valence-electron chi connectivity index (χ4n) is 7.97. The highest BCUT2D eigenvalue weighted by molar-refractivity contribution is 6.99. The molecular weight excluding hydrogens is 581 g/mol. The highest BCUT2D eigenvalue weighted by Gasteiger charge is 2.58. The third-order valence-electron chi connectivity index (χ3n) is 9.91. The van der Waals surface area contributed by atoms with Gasteiger partial charge in [0.05, 0.1) is 24.5 Å². The number of aromatic hydroxyl groups is 1. The molecule has 234 valence electrons. The molecule has 2 amide bonds. The van der Waals surface area contributed by atoms with Crippen molar-refractivity contribution in [3.8, 4) is 5.75 Å². The number of phenolic OH excluding ortho intramolecular Hbond substituents is 1. The van der Waals surface area contributed by atoms with Gasteiger partial charge in [-0.2, -0.15) is 0 Å². The minimum atomic E-state index is -2.93. The topological polar surface area (TPSA) is 96.3 Å². The Labute approximate surface area is 267 Å². The Morgan fingerprint density at radius 2 is 1.51 bits per heavy atom. The van der Waals surface area contributed by atoms with Crippen LogP contribution in [0.4, 0.5) is 0 Å². The number of hydrogen-bond acceptors (Lipinski definition) is 6. The number of hydrogen-bond donors (Lipinski definition) is 2. The van der Waals surface area contributed by atoms with Gasteiger partial charge in [-0.15, -0.1) is 0 Å².